The Morgan fingerprint density at radius 1 is 1.22 bits per heavy atom. The molecule has 27 heavy (non-hydrogen) atoms. The standard InChI is InChI=1S/C20H24ClN5O/c1-20(14-27)4-7-25(8-5-20)17-10-19(21)23-11-15(17)2-3-16-12-24-26-9-6-22-13-18(16)26/h10-12,22,27H,4-9,13-14H2,1H3. The normalized spacial score (nSPS) is 18.6. The quantitative estimate of drug-likeness (QED) is 0.611. The summed E-state index contributed by atoms with van der Waals surface area (Å²) in [4.78, 5) is 6.53. The average molecular weight is 386 g/mol. The van der Waals surface area contributed by atoms with E-state index in [-0.39, 0.29) is 12.0 Å². The monoisotopic (exact) mass is 385 g/mol. The van der Waals surface area contributed by atoms with Crippen molar-refractivity contribution in [3.8, 4) is 11.8 Å². The zero-order chi connectivity index (χ0) is 18.9. The van der Waals surface area contributed by atoms with Gasteiger partial charge in [0.2, 0.25) is 0 Å². The minimum absolute atomic E-state index is 0.00338. The van der Waals surface area contributed by atoms with Crippen LogP contribution in [0.3, 0.4) is 0 Å². The smallest absolute Gasteiger partial charge is 0.131 e. The van der Waals surface area contributed by atoms with Crippen LogP contribution in [0.15, 0.2) is 18.5 Å². The van der Waals surface area contributed by atoms with Crippen molar-refractivity contribution in [2.75, 3.05) is 31.1 Å². The molecule has 2 aromatic rings. The Morgan fingerprint density at radius 2 is 2.00 bits per heavy atom. The summed E-state index contributed by atoms with van der Waals surface area (Å²) in [5.74, 6) is 6.55. The van der Waals surface area contributed by atoms with Crippen molar-refractivity contribution in [3.63, 3.8) is 0 Å². The molecular weight excluding hydrogens is 362 g/mol. The van der Waals surface area contributed by atoms with Crippen molar-refractivity contribution >= 4 is 17.3 Å². The van der Waals surface area contributed by atoms with E-state index in [4.69, 9.17) is 11.6 Å². The average Bonchev–Trinajstić information content (AvgIpc) is 3.11. The van der Waals surface area contributed by atoms with Crippen LogP contribution < -0.4 is 10.2 Å². The Bertz CT molecular complexity index is 890. The van der Waals surface area contributed by atoms with Gasteiger partial charge in [-0.3, -0.25) is 4.68 Å². The molecule has 4 rings (SSSR count). The van der Waals surface area contributed by atoms with Gasteiger partial charge in [0.25, 0.3) is 0 Å². The topological polar surface area (TPSA) is 66.2 Å². The van der Waals surface area contributed by atoms with Crippen LogP contribution in [0, 0.1) is 17.3 Å². The molecule has 2 aromatic heterocycles. The van der Waals surface area contributed by atoms with Gasteiger partial charge in [0.1, 0.15) is 5.15 Å². The van der Waals surface area contributed by atoms with Gasteiger partial charge >= 0.3 is 0 Å². The van der Waals surface area contributed by atoms with Crippen molar-refractivity contribution in [2.45, 2.75) is 32.9 Å². The maximum atomic E-state index is 9.61. The summed E-state index contributed by atoms with van der Waals surface area (Å²) in [6.45, 7) is 6.73. The molecule has 0 atom stereocenters. The lowest BCUT2D eigenvalue weighted by Crippen LogP contribution is -2.40. The highest BCUT2D eigenvalue weighted by Gasteiger charge is 2.30. The second-order valence-electron chi connectivity index (χ2n) is 7.63. The summed E-state index contributed by atoms with van der Waals surface area (Å²) in [6.07, 6.45) is 5.47. The second-order valence-corrected chi connectivity index (χ2v) is 8.02. The number of pyridine rings is 1. The SMILES string of the molecule is CC1(CO)CCN(c2cc(Cl)ncc2C#Cc2cnn3c2CNCC3)CC1. The summed E-state index contributed by atoms with van der Waals surface area (Å²) in [7, 11) is 0. The van der Waals surface area contributed by atoms with E-state index in [1.165, 1.54) is 0 Å². The lowest BCUT2D eigenvalue weighted by atomic mass is 9.81. The van der Waals surface area contributed by atoms with Gasteiger partial charge in [0.15, 0.2) is 0 Å². The van der Waals surface area contributed by atoms with Crippen molar-refractivity contribution in [1.29, 1.82) is 0 Å². The number of nitrogens with one attached hydrogen (secondary N) is 1. The molecule has 0 aliphatic carbocycles. The number of anilines is 1. The number of aromatic nitrogens is 3. The molecule has 0 unspecified atom stereocenters. The Kier molecular flexibility index (Phi) is 5.09. The maximum absolute atomic E-state index is 9.61. The number of hydrogen-bond donors (Lipinski definition) is 2. The van der Waals surface area contributed by atoms with E-state index in [1.54, 1.807) is 6.20 Å². The van der Waals surface area contributed by atoms with E-state index in [1.807, 2.05) is 16.9 Å². The third kappa shape index (κ3) is 3.81. The van der Waals surface area contributed by atoms with Crippen molar-refractivity contribution < 1.29 is 5.11 Å². The predicted octanol–water partition coefficient (Wildman–Crippen LogP) is 2.03. The Morgan fingerprint density at radius 3 is 2.78 bits per heavy atom. The molecule has 1 saturated heterocycles. The van der Waals surface area contributed by atoms with E-state index in [2.05, 4.69) is 39.1 Å². The van der Waals surface area contributed by atoms with Gasteiger partial charge in [-0.05, 0) is 18.3 Å². The largest absolute Gasteiger partial charge is 0.396 e. The fourth-order valence-corrected chi connectivity index (χ4v) is 3.80. The minimum Gasteiger partial charge on any atom is -0.396 e. The number of aliphatic hydroxyl groups excluding tert-OH is 1. The number of fused-ring (bicyclic) bond motifs is 1. The fourth-order valence-electron chi connectivity index (χ4n) is 3.64. The number of hydrogen-bond acceptors (Lipinski definition) is 5. The molecular formula is C20H24ClN5O. The van der Waals surface area contributed by atoms with Gasteiger partial charge in [-0.2, -0.15) is 5.10 Å². The number of rotatable bonds is 2. The van der Waals surface area contributed by atoms with Gasteiger partial charge in [-0.25, -0.2) is 4.98 Å². The molecule has 2 N–H and O–H groups in total. The number of nitrogens with zero attached hydrogens (tertiary/aromatic N) is 4. The van der Waals surface area contributed by atoms with E-state index in [0.29, 0.717) is 5.15 Å². The summed E-state index contributed by atoms with van der Waals surface area (Å²) in [5, 5.41) is 17.9. The first-order valence-corrected chi connectivity index (χ1v) is 9.75. The molecule has 2 aliphatic heterocycles. The Hall–Kier alpha value is -2.07. The van der Waals surface area contributed by atoms with Crippen molar-refractivity contribution in [3.05, 3.63) is 40.4 Å². The molecule has 1 fully saturated rings. The Balaban J connectivity index is 1.61. The highest BCUT2D eigenvalue weighted by atomic mass is 35.5. The molecule has 0 spiro atoms. The first kappa shape index (κ1) is 18.3. The zero-order valence-electron chi connectivity index (χ0n) is 15.5. The molecule has 7 heteroatoms. The molecule has 2 aliphatic rings. The van der Waals surface area contributed by atoms with Crippen LogP contribution in [-0.2, 0) is 13.1 Å². The van der Waals surface area contributed by atoms with Gasteiger partial charge in [-0.1, -0.05) is 30.4 Å². The van der Waals surface area contributed by atoms with Crippen LogP contribution in [0.4, 0.5) is 5.69 Å². The molecule has 0 bridgehead atoms. The van der Waals surface area contributed by atoms with E-state index in [0.717, 1.165) is 68.1 Å². The molecule has 0 aromatic carbocycles. The third-order valence-corrected chi connectivity index (χ3v) is 5.82. The molecule has 4 heterocycles. The van der Waals surface area contributed by atoms with Gasteiger partial charge in [-0.15, -0.1) is 0 Å². The van der Waals surface area contributed by atoms with Crippen molar-refractivity contribution in [2.24, 2.45) is 5.41 Å². The second kappa shape index (κ2) is 7.51. The lowest BCUT2D eigenvalue weighted by Gasteiger charge is -2.39. The summed E-state index contributed by atoms with van der Waals surface area (Å²) < 4.78 is 2.02. The highest BCUT2D eigenvalue weighted by molar-refractivity contribution is 6.29. The van der Waals surface area contributed by atoms with Gasteiger partial charge in [0, 0.05) is 45.0 Å². The van der Waals surface area contributed by atoms with Crippen LogP contribution in [-0.4, -0.2) is 46.1 Å². The number of aliphatic hydroxyl groups is 1. The summed E-state index contributed by atoms with van der Waals surface area (Å²) in [6, 6.07) is 1.89. The predicted molar refractivity (Wildman–Crippen MR) is 106 cm³/mol. The van der Waals surface area contributed by atoms with E-state index in [9.17, 15) is 5.11 Å². The van der Waals surface area contributed by atoms with Crippen LogP contribution in [0.1, 0.15) is 36.6 Å². The summed E-state index contributed by atoms with van der Waals surface area (Å²) in [5.41, 5.74) is 3.98. The van der Waals surface area contributed by atoms with E-state index < -0.39 is 0 Å². The Labute approximate surface area is 164 Å². The third-order valence-electron chi connectivity index (χ3n) is 5.62. The zero-order valence-corrected chi connectivity index (χ0v) is 16.3. The molecule has 0 amide bonds. The molecule has 0 radical (unpaired) electrons. The minimum atomic E-state index is 0.00338. The van der Waals surface area contributed by atoms with Crippen molar-refractivity contribution in [1.82, 2.24) is 20.1 Å². The van der Waals surface area contributed by atoms with Crippen LogP contribution >= 0.6 is 11.6 Å². The number of piperidine rings is 1. The van der Waals surface area contributed by atoms with Crippen LogP contribution in [0.5, 0.6) is 0 Å². The van der Waals surface area contributed by atoms with Gasteiger partial charge in [0.05, 0.1) is 35.2 Å². The maximum Gasteiger partial charge on any atom is 0.131 e. The molecule has 0 saturated carbocycles. The first-order valence-electron chi connectivity index (χ1n) is 9.37. The highest BCUT2D eigenvalue weighted by Crippen LogP contribution is 2.34. The van der Waals surface area contributed by atoms with E-state index >= 15 is 0 Å². The van der Waals surface area contributed by atoms with Crippen LogP contribution in [0.2, 0.25) is 5.15 Å². The summed E-state index contributed by atoms with van der Waals surface area (Å²) >= 11 is 6.17. The number of halogens is 1. The fraction of sp³-hybridized carbons (Fsp3) is 0.500. The molecule has 6 nitrogen and oxygen atoms in total. The first-order chi connectivity index (χ1) is 13.1. The lowest BCUT2D eigenvalue weighted by molar-refractivity contribution is 0.115. The molecule has 142 valence electrons. The van der Waals surface area contributed by atoms with Crippen LogP contribution in [0.25, 0.3) is 0 Å². The van der Waals surface area contributed by atoms with Gasteiger partial charge < -0.3 is 15.3 Å².